The summed E-state index contributed by atoms with van der Waals surface area (Å²) in [5.74, 6) is -0.497. The molecule has 6 heteroatoms. The standard InChI is InChI=1S/C58H107NO5/c1-4-7-10-13-16-19-22-25-27-29-30-32-34-37-40-43-46-49-54(64-58(63)51-48-45-42-39-36-33-31-28-26-23-20-17-14-11-8-5-2)52-57(62)59-55(53-60)56(61)50-47-44-41-38-35-24-21-18-15-12-9-6-3/h16,19,25,27-28,30-32,54-56,60-61H,4-15,17-18,20-24,26,29,33-53H2,1-3H3,(H,59,62)/b19-16-,27-25-,31-28+,32-30-. The second-order valence-electron chi connectivity index (χ2n) is 19.0. The van der Waals surface area contributed by atoms with Crippen LogP contribution in [0.4, 0.5) is 0 Å². The van der Waals surface area contributed by atoms with E-state index in [9.17, 15) is 19.8 Å². The van der Waals surface area contributed by atoms with Crippen molar-refractivity contribution >= 4 is 11.9 Å². The Morgan fingerprint density at radius 1 is 0.453 bits per heavy atom. The average molecular weight is 898 g/mol. The first-order chi connectivity index (χ1) is 31.5. The van der Waals surface area contributed by atoms with E-state index in [1.807, 2.05) is 0 Å². The Labute approximate surface area is 397 Å². The fraction of sp³-hybridized carbons (Fsp3) is 0.828. The van der Waals surface area contributed by atoms with E-state index in [0.717, 1.165) is 89.9 Å². The summed E-state index contributed by atoms with van der Waals surface area (Å²) in [6.07, 6.45) is 63.1. The lowest BCUT2D eigenvalue weighted by Crippen LogP contribution is -2.46. The molecule has 0 aliphatic rings. The summed E-state index contributed by atoms with van der Waals surface area (Å²) in [6.45, 7) is 6.46. The third kappa shape index (κ3) is 46.4. The van der Waals surface area contributed by atoms with Crippen molar-refractivity contribution in [3.8, 4) is 0 Å². The molecule has 0 spiro atoms. The Bertz CT molecular complexity index is 1100. The van der Waals surface area contributed by atoms with Crippen molar-refractivity contribution in [3.63, 3.8) is 0 Å². The van der Waals surface area contributed by atoms with Gasteiger partial charge in [0.25, 0.3) is 0 Å². The van der Waals surface area contributed by atoms with Gasteiger partial charge in [-0.25, -0.2) is 0 Å². The molecule has 0 aromatic rings. The fourth-order valence-electron chi connectivity index (χ4n) is 8.37. The van der Waals surface area contributed by atoms with E-state index < -0.39 is 18.2 Å². The first-order valence-corrected chi connectivity index (χ1v) is 27.9. The molecule has 0 radical (unpaired) electrons. The molecule has 0 aromatic heterocycles. The molecule has 0 bridgehead atoms. The smallest absolute Gasteiger partial charge is 0.306 e. The van der Waals surface area contributed by atoms with Crippen molar-refractivity contribution < 1.29 is 24.5 Å². The predicted molar refractivity (Wildman–Crippen MR) is 278 cm³/mol. The van der Waals surface area contributed by atoms with Crippen molar-refractivity contribution in [2.45, 2.75) is 302 Å². The normalized spacial score (nSPS) is 13.5. The summed E-state index contributed by atoms with van der Waals surface area (Å²) >= 11 is 0. The highest BCUT2D eigenvalue weighted by Crippen LogP contribution is 2.18. The molecule has 0 aromatic carbocycles. The molecule has 6 nitrogen and oxygen atoms in total. The highest BCUT2D eigenvalue weighted by Gasteiger charge is 2.24. The quantitative estimate of drug-likeness (QED) is 0.0321. The lowest BCUT2D eigenvalue weighted by atomic mass is 10.0. The van der Waals surface area contributed by atoms with E-state index in [2.05, 4.69) is 74.7 Å². The largest absolute Gasteiger partial charge is 0.462 e. The zero-order valence-electron chi connectivity index (χ0n) is 42.7. The van der Waals surface area contributed by atoms with Gasteiger partial charge in [-0.05, 0) is 89.9 Å². The maximum atomic E-state index is 13.2. The maximum Gasteiger partial charge on any atom is 0.306 e. The summed E-state index contributed by atoms with van der Waals surface area (Å²) in [6, 6.07) is -0.710. The van der Waals surface area contributed by atoms with Crippen LogP contribution in [0.3, 0.4) is 0 Å². The van der Waals surface area contributed by atoms with Gasteiger partial charge in [0.15, 0.2) is 0 Å². The third-order valence-electron chi connectivity index (χ3n) is 12.6. The van der Waals surface area contributed by atoms with Gasteiger partial charge < -0.3 is 20.3 Å². The van der Waals surface area contributed by atoms with Gasteiger partial charge in [-0.15, -0.1) is 0 Å². The van der Waals surface area contributed by atoms with Crippen molar-refractivity contribution in [2.75, 3.05) is 6.61 Å². The molecular weight excluding hydrogens is 791 g/mol. The zero-order chi connectivity index (χ0) is 46.7. The maximum absolute atomic E-state index is 13.2. The summed E-state index contributed by atoms with van der Waals surface area (Å²) in [4.78, 5) is 26.2. The van der Waals surface area contributed by atoms with Gasteiger partial charge in [0, 0.05) is 6.42 Å². The minimum Gasteiger partial charge on any atom is -0.462 e. The minimum atomic E-state index is -0.795. The molecule has 0 fully saturated rings. The number of aliphatic hydroxyl groups is 2. The van der Waals surface area contributed by atoms with Crippen LogP contribution in [0.25, 0.3) is 0 Å². The number of carbonyl (C=O) groups excluding carboxylic acids is 2. The van der Waals surface area contributed by atoms with Crippen molar-refractivity contribution in [1.82, 2.24) is 5.32 Å². The monoisotopic (exact) mass is 898 g/mol. The van der Waals surface area contributed by atoms with E-state index in [0.29, 0.717) is 19.3 Å². The predicted octanol–water partition coefficient (Wildman–Crippen LogP) is 17.0. The Morgan fingerprint density at radius 3 is 1.25 bits per heavy atom. The van der Waals surface area contributed by atoms with Crippen molar-refractivity contribution in [3.05, 3.63) is 48.6 Å². The van der Waals surface area contributed by atoms with Gasteiger partial charge in [0.05, 0.1) is 25.2 Å². The van der Waals surface area contributed by atoms with Crippen LogP contribution in [-0.4, -0.2) is 46.9 Å². The molecule has 0 aliphatic heterocycles. The van der Waals surface area contributed by atoms with Crippen LogP contribution in [0.5, 0.6) is 0 Å². The molecule has 3 atom stereocenters. The van der Waals surface area contributed by atoms with E-state index in [1.165, 1.54) is 148 Å². The topological polar surface area (TPSA) is 95.9 Å². The minimum absolute atomic E-state index is 0.0605. The van der Waals surface area contributed by atoms with Crippen molar-refractivity contribution in [2.24, 2.45) is 0 Å². The molecule has 0 heterocycles. The average Bonchev–Trinajstić information content (AvgIpc) is 3.29. The van der Waals surface area contributed by atoms with Crippen LogP contribution < -0.4 is 5.32 Å². The van der Waals surface area contributed by atoms with Crippen molar-refractivity contribution in [1.29, 1.82) is 0 Å². The van der Waals surface area contributed by atoms with Crippen LogP contribution in [0.2, 0.25) is 0 Å². The Balaban J connectivity index is 4.63. The van der Waals surface area contributed by atoms with Gasteiger partial charge in [-0.1, -0.05) is 230 Å². The van der Waals surface area contributed by atoms with Crippen LogP contribution in [0.15, 0.2) is 48.6 Å². The third-order valence-corrected chi connectivity index (χ3v) is 12.6. The molecule has 0 saturated heterocycles. The number of nitrogens with one attached hydrogen (secondary N) is 1. The number of carbonyl (C=O) groups is 2. The summed E-state index contributed by atoms with van der Waals surface area (Å²) in [5.41, 5.74) is 0. The van der Waals surface area contributed by atoms with Gasteiger partial charge in [-0.2, -0.15) is 0 Å². The van der Waals surface area contributed by atoms with Gasteiger partial charge in [0.2, 0.25) is 5.91 Å². The molecule has 3 N–H and O–H groups in total. The molecule has 64 heavy (non-hydrogen) atoms. The summed E-state index contributed by atoms with van der Waals surface area (Å²) < 4.78 is 5.94. The van der Waals surface area contributed by atoms with E-state index >= 15 is 0 Å². The SMILES string of the molecule is CCCCC/C=C\C/C=C\C/C=C\CCCCCCC(CC(=O)NC(CO)C(O)CCCCCCCCCCCCCC)OC(=O)CCCCCCC/C=C/CCCCCCCCC. The van der Waals surface area contributed by atoms with Gasteiger partial charge in [0.1, 0.15) is 6.10 Å². The molecule has 0 saturated carbocycles. The van der Waals surface area contributed by atoms with Crippen LogP contribution in [0, 0.1) is 0 Å². The number of hydrogen-bond acceptors (Lipinski definition) is 5. The molecule has 3 unspecified atom stereocenters. The Morgan fingerprint density at radius 2 is 0.797 bits per heavy atom. The van der Waals surface area contributed by atoms with Crippen LogP contribution in [0.1, 0.15) is 284 Å². The number of allylic oxidation sites excluding steroid dienone is 8. The highest BCUT2D eigenvalue weighted by atomic mass is 16.5. The molecule has 374 valence electrons. The number of amides is 1. The lowest BCUT2D eigenvalue weighted by Gasteiger charge is -2.24. The highest BCUT2D eigenvalue weighted by molar-refractivity contribution is 5.77. The number of hydrogen-bond donors (Lipinski definition) is 3. The van der Waals surface area contributed by atoms with Crippen LogP contribution >= 0.6 is 0 Å². The van der Waals surface area contributed by atoms with E-state index in [-0.39, 0.29) is 24.9 Å². The fourth-order valence-corrected chi connectivity index (χ4v) is 8.37. The van der Waals surface area contributed by atoms with Gasteiger partial charge in [-0.3, -0.25) is 9.59 Å². The molecule has 0 aliphatic carbocycles. The molecular formula is C58H107NO5. The number of unbranched alkanes of at least 4 members (excludes halogenated alkanes) is 30. The number of aliphatic hydroxyl groups excluding tert-OH is 2. The van der Waals surface area contributed by atoms with Gasteiger partial charge >= 0.3 is 5.97 Å². The van der Waals surface area contributed by atoms with E-state index in [4.69, 9.17) is 4.74 Å². The first-order valence-electron chi connectivity index (χ1n) is 27.9. The first kappa shape index (κ1) is 61.8. The second-order valence-corrected chi connectivity index (χ2v) is 19.0. The number of esters is 1. The number of ether oxygens (including phenoxy) is 1. The Hall–Kier alpha value is -2.18. The second kappa shape index (κ2) is 51.8. The lowest BCUT2D eigenvalue weighted by molar-refractivity contribution is -0.151. The molecule has 1 amide bonds. The summed E-state index contributed by atoms with van der Waals surface area (Å²) in [7, 11) is 0. The summed E-state index contributed by atoms with van der Waals surface area (Å²) in [5, 5.41) is 23.8. The Kier molecular flexibility index (Phi) is 50.0. The number of rotatable bonds is 50. The zero-order valence-corrected chi connectivity index (χ0v) is 42.7. The van der Waals surface area contributed by atoms with E-state index in [1.54, 1.807) is 0 Å². The molecule has 0 rings (SSSR count). The van der Waals surface area contributed by atoms with Crippen LogP contribution in [-0.2, 0) is 14.3 Å².